The van der Waals surface area contributed by atoms with Crippen LogP contribution in [-0.2, 0) is 16.0 Å². The van der Waals surface area contributed by atoms with Crippen molar-refractivity contribution in [3.05, 3.63) is 70.5 Å². The molecule has 0 fully saturated rings. The number of hydrogen-bond acceptors (Lipinski definition) is 7. The van der Waals surface area contributed by atoms with Gasteiger partial charge in [0.1, 0.15) is 23.6 Å². The summed E-state index contributed by atoms with van der Waals surface area (Å²) in [5, 5.41) is 19.2. The summed E-state index contributed by atoms with van der Waals surface area (Å²) in [6, 6.07) is 5.91. The molecule has 0 saturated heterocycles. The molecule has 37 heavy (non-hydrogen) atoms. The molecule has 3 N–H and O–H groups in total. The van der Waals surface area contributed by atoms with Gasteiger partial charge in [-0.3, -0.25) is 14.4 Å². The SMILES string of the molecule is CC(C)c1cc(C(=O)N[C@@H](CCc2ccc(O)c(Cl)c2)C(=O)N[C@H](C(=O)C(C)(C)C)c2ccoc2)no1. The fourth-order valence-corrected chi connectivity index (χ4v) is 3.80. The highest BCUT2D eigenvalue weighted by Gasteiger charge is 2.34. The molecule has 0 spiro atoms. The fourth-order valence-electron chi connectivity index (χ4n) is 3.60. The highest BCUT2D eigenvalue weighted by Crippen LogP contribution is 2.27. The molecule has 2 atom stereocenters. The zero-order chi connectivity index (χ0) is 27.3. The number of Topliss-reactive ketones (excluding diaryl/α,β-unsaturated/α-hetero) is 1. The topological polar surface area (TPSA) is 135 Å². The minimum absolute atomic E-state index is 0.0338. The van der Waals surface area contributed by atoms with E-state index in [9.17, 15) is 19.5 Å². The Labute approximate surface area is 220 Å². The van der Waals surface area contributed by atoms with Gasteiger partial charge in [0, 0.05) is 23.0 Å². The standard InChI is InChI=1S/C27H32ClN3O6/c1-15(2)22-13-20(31-37-22)26(35)29-19(8-6-16-7-9-21(32)18(28)12-16)25(34)30-23(17-10-11-36-14-17)24(33)27(3,4)5/h7,9-15,19,23,32H,6,8H2,1-5H3,(H,29,35)(H,30,34)/t19-,23-/m0/s1. The molecule has 0 aliphatic heterocycles. The molecular formula is C27H32ClN3O6. The Morgan fingerprint density at radius 2 is 1.84 bits per heavy atom. The summed E-state index contributed by atoms with van der Waals surface area (Å²) in [5.41, 5.74) is 0.564. The lowest BCUT2D eigenvalue weighted by atomic mass is 9.84. The molecule has 2 aromatic heterocycles. The molecule has 0 aliphatic carbocycles. The number of carbonyl (C=O) groups is 3. The quantitative estimate of drug-likeness (QED) is 0.338. The van der Waals surface area contributed by atoms with Crippen LogP contribution in [0.4, 0.5) is 0 Å². The van der Waals surface area contributed by atoms with Crippen molar-refractivity contribution >= 4 is 29.2 Å². The average molecular weight is 530 g/mol. The number of halogens is 1. The molecule has 2 amide bonds. The van der Waals surface area contributed by atoms with Crippen molar-refractivity contribution in [1.82, 2.24) is 15.8 Å². The van der Waals surface area contributed by atoms with Gasteiger partial charge in [-0.1, -0.05) is 57.4 Å². The summed E-state index contributed by atoms with van der Waals surface area (Å²) in [7, 11) is 0. The Hall–Kier alpha value is -3.59. The van der Waals surface area contributed by atoms with Crippen molar-refractivity contribution in [3.8, 4) is 5.75 Å². The number of carbonyl (C=O) groups excluding carboxylic acids is 3. The van der Waals surface area contributed by atoms with Gasteiger partial charge < -0.3 is 24.7 Å². The Kier molecular flexibility index (Phi) is 8.81. The van der Waals surface area contributed by atoms with E-state index >= 15 is 0 Å². The van der Waals surface area contributed by atoms with E-state index in [1.54, 1.807) is 39.0 Å². The van der Waals surface area contributed by atoms with Crippen LogP contribution in [0.1, 0.15) is 80.4 Å². The molecule has 2 heterocycles. The first-order valence-corrected chi connectivity index (χ1v) is 12.4. The van der Waals surface area contributed by atoms with Crippen molar-refractivity contribution in [2.45, 2.75) is 65.5 Å². The number of benzene rings is 1. The lowest BCUT2D eigenvalue weighted by Crippen LogP contribution is -2.50. The molecule has 0 bridgehead atoms. The van der Waals surface area contributed by atoms with Gasteiger partial charge in [0.25, 0.3) is 5.91 Å². The van der Waals surface area contributed by atoms with Crippen LogP contribution in [0.5, 0.6) is 5.75 Å². The number of hydrogen-bond donors (Lipinski definition) is 3. The Morgan fingerprint density at radius 1 is 1.11 bits per heavy atom. The molecular weight excluding hydrogens is 498 g/mol. The second kappa shape index (κ2) is 11.6. The molecule has 0 radical (unpaired) electrons. The fraction of sp³-hybridized carbons (Fsp3) is 0.407. The van der Waals surface area contributed by atoms with Crippen molar-refractivity contribution in [3.63, 3.8) is 0 Å². The van der Waals surface area contributed by atoms with Crippen molar-refractivity contribution in [2.24, 2.45) is 5.41 Å². The maximum absolute atomic E-state index is 13.5. The van der Waals surface area contributed by atoms with Gasteiger partial charge in [-0.2, -0.15) is 0 Å². The van der Waals surface area contributed by atoms with Gasteiger partial charge in [-0.25, -0.2) is 0 Å². The number of nitrogens with zero attached hydrogens (tertiary/aromatic N) is 1. The number of rotatable bonds is 10. The van der Waals surface area contributed by atoms with Crippen LogP contribution in [0.25, 0.3) is 0 Å². The number of ketones is 1. The largest absolute Gasteiger partial charge is 0.506 e. The number of nitrogens with one attached hydrogen (secondary N) is 2. The predicted molar refractivity (Wildman–Crippen MR) is 137 cm³/mol. The molecule has 0 unspecified atom stereocenters. The van der Waals surface area contributed by atoms with Crippen LogP contribution in [0, 0.1) is 5.41 Å². The van der Waals surface area contributed by atoms with Crippen molar-refractivity contribution < 1.29 is 28.4 Å². The first kappa shape index (κ1) is 28.0. The molecule has 3 rings (SSSR count). The Morgan fingerprint density at radius 3 is 2.41 bits per heavy atom. The van der Waals surface area contributed by atoms with E-state index in [2.05, 4.69) is 15.8 Å². The summed E-state index contributed by atoms with van der Waals surface area (Å²) in [6.07, 6.45) is 3.38. The Balaban J connectivity index is 1.84. The first-order valence-electron chi connectivity index (χ1n) is 12.0. The highest BCUT2D eigenvalue weighted by atomic mass is 35.5. The first-order chi connectivity index (χ1) is 17.4. The van der Waals surface area contributed by atoms with Crippen molar-refractivity contribution in [1.29, 1.82) is 0 Å². The van der Waals surface area contributed by atoms with E-state index in [0.29, 0.717) is 17.7 Å². The number of aromatic hydroxyl groups is 1. The molecule has 3 aromatic rings. The second-order valence-electron chi connectivity index (χ2n) is 10.2. The summed E-state index contributed by atoms with van der Waals surface area (Å²) >= 11 is 6.02. The van der Waals surface area contributed by atoms with Gasteiger partial charge in [-0.05, 0) is 36.6 Å². The number of amides is 2. The minimum Gasteiger partial charge on any atom is -0.506 e. The lowest BCUT2D eigenvalue weighted by Gasteiger charge is -2.27. The van der Waals surface area contributed by atoms with E-state index in [0.717, 1.165) is 5.56 Å². The maximum Gasteiger partial charge on any atom is 0.274 e. The van der Waals surface area contributed by atoms with Crippen LogP contribution in [0.2, 0.25) is 5.02 Å². The van der Waals surface area contributed by atoms with Gasteiger partial charge in [-0.15, -0.1) is 0 Å². The van der Waals surface area contributed by atoms with E-state index in [1.165, 1.54) is 24.7 Å². The predicted octanol–water partition coefficient (Wildman–Crippen LogP) is 4.95. The Bertz CT molecular complexity index is 1240. The zero-order valence-corrected chi connectivity index (χ0v) is 22.3. The van der Waals surface area contributed by atoms with E-state index < -0.39 is 29.3 Å². The third-order valence-electron chi connectivity index (χ3n) is 5.85. The normalized spacial score (nSPS) is 13.3. The van der Waals surface area contributed by atoms with E-state index in [1.807, 2.05) is 13.8 Å². The van der Waals surface area contributed by atoms with Gasteiger partial charge in [0.05, 0.1) is 17.5 Å². The number of furan rings is 1. The van der Waals surface area contributed by atoms with E-state index in [-0.39, 0.29) is 34.6 Å². The van der Waals surface area contributed by atoms with Crippen LogP contribution >= 0.6 is 11.6 Å². The van der Waals surface area contributed by atoms with Gasteiger partial charge in [0.15, 0.2) is 11.5 Å². The highest BCUT2D eigenvalue weighted by molar-refractivity contribution is 6.32. The monoisotopic (exact) mass is 529 g/mol. The number of phenolic OH excluding ortho intramolecular Hbond substituents is 1. The van der Waals surface area contributed by atoms with Crippen molar-refractivity contribution in [2.75, 3.05) is 0 Å². The van der Waals surface area contributed by atoms with Gasteiger partial charge in [0.2, 0.25) is 5.91 Å². The summed E-state index contributed by atoms with van der Waals surface area (Å²) in [5.74, 6) is -0.817. The minimum atomic E-state index is -1.01. The number of aromatic nitrogens is 1. The zero-order valence-electron chi connectivity index (χ0n) is 21.5. The number of phenols is 1. The lowest BCUT2D eigenvalue weighted by molar-refractivity contribution is -0.133. The van der Waals surface area contributed by atoms with Gasteiger partial charge >= 0.3 is 0 Å². The van der Waals surface area contributed by atoms with E-state index in [4.69, 9.17) is 20.5 Å². The average Bonchev–Trinajstić information content (AvgIpc) is 3.53. The van der Waals surface area contributed by atoms with Crippen LogP contribution in [0.3, 0.4) is 0 Å². The molecule has 0 aliphatic rings. The van der Waals surface area contributed by atoms with Crippen LogP contribution < -0.4 is 10.6 Å². The summed E-state index contributed by atoms with van der Waals surface area (Å²) in [4.78, 5) is 39.6. The van der Waals surface area contributed by atoms with Crippen LogP contribution in [0.15, 0.2) is 51.8 Å². The van der Waals surface area contributed by atoms with Crippen LogP contribution in [-0.4, -0.2) is 33.9 Å². The molecule has 1 aromatic carbocycles. The molecule has 10 heteroatoms. The third-order valence-corrected chi connectivity index (χ3v) is 6.15. The second-order valence-corrected chi connectivity index (χ2v) is 10.6. The molecule has 0 saturated carbocycles. The number of aryl methyl sites for hydroxylation is 1. The molecule has 9 nitrogen and oxygen atoms in total. The third kappa shape index (κ3) is 7.22. The summed E-state index contributed by atoms with van der Waals surface area (Å²) < 4.78 is 10.4. The summed E-state index contributed by atoms with van der Waals surface area (Å²) in [6.45, 7) is 9.10. The molecule has 198 valence electrons. The maximum atomic E-state index is 13.5. The smallest absolute Gasteiger partial charge is 0.274 e.